The number of rotatable bonds is 4. The third-order valence-corrected chi connectivity index (χ3v) is 4.08. The fraction of sp³-hybridized carbons (Fsp3) is 0.588. The molecule has 1 aromatic carbocycles. The molecule has 0 N–H and O–H groups in total. The van der Waals surface area contributed by atoms with Gasteiger partial charge >= 0.3 is 0 Å². The summed E-state index contributed by atoms with van der Waals surface area (Å²) in [5.74, 6) is 1.58. The third kappa shape index (κ3) is 5.09. The highest BCUT2D eigenvalue weighted by atomic mass is 35.5. The van der Waals surface area contributed by atoms with Gasteiger partial charge < -0.3 is 26.6 Å². The molecule has 2 aliphatic rings. The minimum atomic E-state index is 0. The minimum Gasteiger partial charge on any atom is -1.00 e. The molecule has 0 aliphatic carbocycles. The molecule has 2 aliphatic heterocycles. The van der Waals surface area contributed by atoms with E-state index in [2.05, 4.69) is 4.90 Å². The quantitative estimate of drug-likeness (QED) is 0.668. The van der Waals surface area contributed by atoms with Crippen LogP contribution in [0, 0.1) is 0 Å². The molecule has 3 rings (SSSR count). The number of hydrogen-bond acceptors (Lipinski definition) is 5. The van der Waals surface area contributed by atoms with Crippen LogP contribution in [-0.2, 0) is 4.74 Å². The van der Waals surface area contributed by atoms with Crippen molar-refractivity contribution < 1.29 is 31.4 Å². The Bertz CT molecular complexity index is 517. The molecule has 6 heteroatoms. The van der Waals surface area contributed by atoms with E-state index in [-0.39, 0.29) is 18.2 Å². The molecule has 1 fully saturated rings. The molecule has 0 atom stereocenters. The van der Waals surface area contributed by atoms with Crippen molar-refractivity contribution >= 4 is 5.78 Å². The number of hydrogen-bond donors (Lipinski definition) is 0. The summed E-state index contributed by atoms with van der Waals surface area (Å²) in [6.07, 6.45) is 2.51. The molecule has 5 nitrogen and oxygen atoms in total. The van der Waals surface area contributed by atoms with Crippen molar-refractivity contribution in [2.75, 3.05) is 46.1 Å². The van der Waals surface area contributed by atoms with Gasteiger partial charge in [-0.3, -0.25) is 9.69 Å². The molecule has 23 heavy (non-hydrogen) atoms. The van der Waals surface area contributed by atoms with Crippen molar-refractivity contribution in [1.82, 2.24) is 4.90 Å². The summed E-state index contributed by atoms with van der Waals surface area (Å²) in [4.78, 5) is 14.6. The Morgan fingerprint density at radius 1 is 1.00 bits per heavy atom. The number of fused-ring (bicyclic) bond motifs is 1. The molecule has 1 saturated heterocycles. The van der Waals surface area contributed by atoms with E-state index in [1.165, 1.54) is 0 Å². The SMILES string of the molecule is O=C(CCN1CCOCC1)c1ccc2c(c1)OCCCCO2.[Cl-]. The first-order chi connectivity index (χ1) is 10.8. The van der Waals surface area contributed by atoms with Crippen LogP contribution >= 0.6 is 0 Å². The summed E-state index contributed by atoms with van der Waals surface area (Å²) in [6.45, 7) is 5.53. The van der Waals surface area contributed by atoms with E-state index >= 15 is 0 Å². The highest BCUT2D eigenvalue weighted by Gasteiger charge is 2.16. The summed E-state index contributed by atoms with van der Waals surface area (Å²) >= 11 is 0. The van der Waals surface area contributed by atoms with Gasteiger partial charge in [0, 0.05) is 31.6 Å². The Morgan fingerprint density at radius 3 is 2.43 bits per heavy atom. The average molecular weight is 341 g/mol. The van der Waals surface area contributed by atoms with E-state index in [1.807, 2.05) is 18.2 Å². The second kappa shape index (κ2) is 9.11. The van der Waals surface area contributed by atoms with Gasteiger partial charge in [-0.25, -0.2) is 0 Å². The molecule has 0 saturated carbocycles. The van der Waals surface area contributed by atoms with E-state index in [9.17, 15) is 4.79 Å². The summed E-state index contributed by atoms with van der Waals surface area (Å²) in [6, 6.07) is 5.51. The number of nitrogens with zero attached hydrogens (tertiary/aromatic N) is 1. The van der Waals surface area contributed by atoms with Gasteiger partial charge in [0.05, 0.1) is 26.4 Å². The van der Waals surface area contributed by atoms with Crippen LogP contribution in [0.3, 0.4) is 0 Å². The monoisotopic (exact) mass is 340 g/mol. The van der Waals surface area contributed by atoms with Gasteiger partial charge in [-0.15, -0.1) is 0 Å². The maximum absolute atomic E-state index is 12.4. The molecule has 0 spiro atoms. The molecule has 0 aromatic heterocycles. The molecule has 2 heterocycles. The van der Waals surface area contributed by atoms with Gasteiger partial charge in [0.15, 0.2) is 17.3 Å². The smallest absolute Gasteiger partial charge is 0.164 e. The lowest BCUT2D eigenvalue weighted by Gasteiger charge is -2.26. The highest BCUT2D eigenvalue weighted by molar-refractivity contribution is 5.96. The molecule has 128 valence electrons. The second-order valence-electron chi connectivity index (χ2n) is 5.69. The lowest BCUT2D eigenvalue weighted by Crippen LogP contribution is -3.00. The van der Waals surface area contributed by atoms with E-state index in [1.54, 1.807) is 0 Å². The maximum Gasteiger partial charge on any atom is 0.164 e. The topological polar surface area (TPSA) is 48.0 Å². The maximum atomic E-state index is 12.4. The molecular weight excluding hydrogens is 318 g/mol. The molecule has 0 amide bonds. The van der Waals surface area contributed by atoms with Crippen LogP contribution in [0.5, 0.6) is 11.5 Å². The van der Waals surface area contributed by atoms with E-state index in [0.717, 1.165) is 51.4 Å². The summed E-state index contributed by atoms with van der Waals surface area (Å²) < 4.78 is 16.7. The summed E-state index contributed by atoms with van der Waals surface area (Å²) in [5.41, 5.74) is 0.705. The minimum absolute atomic E-state index is 0. The average Bonchev–Trinajstić information content (AvgIpc) is 2.54. The first-order valence-electron chi connectivity index (χ1n) is 8.06. The Kier molecular flexibility index (Phi) is 7.15. The predicted octanol–water partition coefficient (Wildman–Crippen LogP) is -0.853. The van der Waals surface area contributed by atoms with Gasteiger partial charge in [0.1, 0.15) is 0 Å². The zero-order valence-electron chi connectivity index (χ0n) is 13.3. The van der Waals surface area contributed by atoms with Gasteiger partial charge in [-0.1, -0.05) is 0 Å². The fourth-order valence-electron chi connectivity index (χ4n) is 2.71. The van der Waals surface area contributed by atoms with Crippen molar-refractivity contribution in [2.45, 2.75) is 19.3 Å². The number of morpholine rings is 1. The number of halogens is 1. The van der Waals surface area contributed by atoms with Gasteiger partial charge in [-0.2, -0.15) is 0 Å². The Balaban J connectivity index is 0.00000192. The van der Waals surface area contributed by atoms with E-state index in [4.69, 9.17) is 14.2 Å². The normalized spacial score (nSPS) is 18.4. The van der Waals surface area contributed by atoms with Crippen LogP contribution < -0.4 is 21.9 Å². The Hall–Kier alpha value is -1.30. The highest BCUT2D eigenvalue weighted by Crippen LogP contribution is 2.30. The van der Waals surface area contributed by atoms with Gasteiger partial charge in [0.25, 0.3) is 0 Å². The van der Waals surface area contributed by atoms with Gasteiger partial charge in [-0.05, 0) is 31.0 Å². The van der Waals surface area contributed by atoms with Crippen molar-refractivity contribution in [3.63, 3.8) is 0 Å². The summed E-state index contributed by atoms with van der Waals surface area (Å²) in [5, 5.41) is 0. The molecule has 0 radical (unpaired) electrons. The van der Waals surface area contributed by atoms with Crippen molar-refractivity contribution in [1.29, 1.82) is 0 Å². The number of benzene rings is 1. The molecule has 0 unspecified atom stereocenters. The summed E-state index contributed by atoms with van der Waals surface area (Å²) in [7, 11) is 0. The zero-order chi connectivity index (χ0) is 15.2. The van der Waals surface area contributed by atoms with Crippen LogP contribution in [0.25, 0.3) is 0 Å². The number of ketones is 1. The third-order valence-electron chi connectivity index (χ3n) is 4.08. The van der Waals surface area contributed by atoms with Crippen LogP contribution in [0.1, 0.15) is 29.6 Å². The fourth-order valence-corrected chi connectivity index (χ4v) is 2.71. The first-order valence-corrected chi connectivity index (χ1v) is 8.06. The zero-order valence-corrected chi connectivity index (χ0v) is 14.0. The number of ether oxygens (including phenoxy) is 3. The molecule has 1 aromatic rings. The predicted molar refractivity (Wildman–Crippen MR) is 82.9 cm³/mol. The van der Waals surface area contributed by atoms with E-state index in [0.29, 0.717) is 30.9 Å². The largest absolute Gasteiger partial charge is 1.00 e. The van der Waals surface area contributed by atoms with E-state index < -0.39 is 0 Å². The Morgan fingerprint density at radius 2 is 1.70 bits per heavy atom. The van der Waals surface area contributed by atoms with Crippen molar-refractivity contribution in [3.05, 3.63) is 23.8 Å². The standard InChI is InChI=1S/C17H23NO4.ClH/c19-15(5-6-18-7-11-20-12-8-18)14-3-4-16-17(13-14)22-10-2-1-9-21-16;/h3-4,13H,1-2,5-12H2;1H/p-1. The van der Waals surface area contributed by atoms with Crippen molar-refractivity contribution in [3.8, 4) is 11.5 Å². The molecular formula is C17H23ClNO4-. The van der Waals surface area contributed by atoms with Crippen LogP contribution in [-0.4, -0.2) is 56.7 Å². The number of carbonyl (C=O) groups excluding carboxylic acids is 1. The lowest BCUT2D eigenvalue weighted by atomic mass is 10.1. The van der Waals surface area contributed by atoms with Gasteiger partial charge in [0.2, 0.25) is 0 Å². The first kappa shape index (κ1) is 18.0. The van der Waals surface area contributed by atoms with Crippen LogP contribution in [0.15, 0.2) is 18.2 Å². The van der Waals surface area contributed by atoms with Crippen molar-refractivity contribution in [2.24, 2.45) is 0 Å². The Labute approximate surface area is 143 Å². The van der Waals surface area contributed by atoms with Crippen LogP contribution in [0.4, 0.5) is 0 Å². The number of carbonyl (C=O) groups is 1. The van der Waals surface area contributed by atoms with Crippen LogP contribution in [0.2, 0.25) is 0 Å². The number of Topliss-reactive ketones (excluding diaryl/α,β-unsaturated/α-hetero) is 1. The molecule has 0 bridgehead atoms. The lowest BCUT2D eigenvalue weighted by molar-refractivity contribution is -0.0000138. The second-order valence-corrected chi connectivity index (χ2v) is 5.69.